The molecular formula is C17H19ClN2OS. The average Bonchev–Trinajstić information content (AvgIpc) is 2.44. The molecule has 0 fully saturated rings. The molecule has 0 heterocycles. The zero-order chi connectivity index (χ0) is 15.9. The molecule has 3 nitrogen and oxygen atoms in total. The third-order valence-electron chi connectivity index (χ3n) is 2.86. The van der Waals surface area contributed by atoms with Gasteiger partial charge in [0.2, 0.25) is 0 Å². The minimum atomic E-state index is 0.546. The van der Waals surface area contributed by atoms with E-state index in [1.54, 1.807) is 12.1 Å². The summed E-state index contributed by atoms with van der Waals surface area (Å²) in [6.45, 7) is 4.67. The lowest BCUT2D eigenvalue weighted by Crippen LogP contribution is -2.10. The number of ether oxygens (including phenoxy) is 1. The van der Waals surface area contributed by atoms with E-state index in [2.05, 4.69) is 24.9 Å². The van der Waals surface area contributed by atoms with Crippen molar-refractivity contribution in [3.05, 3.63) is 58.6 Å². The first-order valence-electron chi connectivity index (χ1n) is 6.96. The molecule has 0 spiro atoms. The highest BCUT2D eigenvalue weighted by Gasteiger charge is 1.99. The summed E-state index contributed by atoms with van der Waals surface area (Å²) in [6, 6.07) is 13.5. The van der Waals surface area contributed by atoms with Gasteiger partial charge in [0.1, 0.15) is 5.75 Å². The van der Waals surface area contributed by atoms with Crippen LogP contribution in [-0.4, -0.2) is 17.5 Å². The van der Waals surface area contributed by atoms with E-state index in [4.69, 9.17) is 22.1 Å². The fourth-order valence-corrected chi connectivity index (χ4v) is 2.68. The maximum Gasteiger partial charge on any atom is 0.159 e. The summed E-state index contributed by atoms with van der Waals surface area (Å²) in [6.07, 6.45) is 0. The molecule has 0 amide bonds. The van der Waals surface area contributed by atoms with Gasteiger partial charge in [-0.1, -0.05) is 29.4 Å². The summed E-state index contributed by atoms with van der Waals surface area (Å²) in [7, 11) is 0. The van der Waals surface area contributed by atoms with Crippen molar-refractivity contribution >= 4 is 34.2 Å². The van der Waals surface area contributed by atoms with Crippen LogP contribution in [-0.2, 0) is 0 Å². The van der Waals surface area contributed by atoms with Gasteiger partial charge in [-0.2, -0.15) is 0 Å². The number of aryl methyl sites for hydroxylation is 2. The normalized spacial score (nSPS) is 11.5. The van der Waals surface area contributed by atoms with Gasteiger partial charge in [0, 0.05) is 10.8 Å². The van der Waals surface area contributed by atoms with E-state index in [1.807, 2.05) is 24.3 Å². The highest BCUT2D eigenvalue weighted by Crippen LogP contribution is 2.19. The predicted molar refractivity (Wildman–Crippen MR) is 96.6 cm³/mol. The van der Waals surface area contributed by atoms with Crippen LogP contribution in [0.5, 0.6) is 5.75 Å². The molecular weight excluding hydrogens is 316 g/mol. The number of benzene rings is 2. The number of nitrogens with zero attached hydrogens (tertiary/aromatic N) is 1. The maximum atomic E-state index is 5.95. The lowest BCUT2D eigenvalue weighted by molar-refractivity contribution is 0.344. The fraction of sp³-hybridized carbons (Fsp3) is 0.235. The first-order valence-corrected chi connectivity index (χ1v) is 8.33. The van der Waals surface area contributed by atoms with Crippen LogP contribution in [0.3, 0.4) is 0 Å². The third kappa shape index (κ3) is 5.62. The predicted octanol–water partition coefficient (Wildman–Crippen LogP) is 4.72. The van der Waals surface area contributed by atoms with Gasteiger partial charge in [-0.3, -0.25) is 0 Å². The molecule has 2 rings (SSSR count). The van der Waals surface area contributed by atoms with Crippen LogP contribution >= 0.6 is 23.4 Å². The first-order chi connectivity index (χ1) is 10.5. The molecule has 0 bridgehead atoms. The standard InChI is InChI=1S/C17H19ClN2OS/c1-12-9-13(2)11-15(10-12)20-17(19)22-8-7-21-16-5-3-14(18)4-6-16/h3-6,9-11H,7-8H2,1-2H3,(H2,19,20). The van der Waals surface area contributed by atoms with Crippen molar-refractivity contribution in [3.63, 3.8) is 0 Å². The molecule has 0 aliphatic carbocycles. The van der Waals surface area contributed by atoms with Crippen LogP contribution < -0.4 is 10.5 Å². The van der Waals surface area contributed by atoms with Gasteiger partial charge in [0.25, 0.3) is 0 Å². The van der Waals surface area contributed by atoms with E-state index in [0.717, 1.165) is 17.2 Å². The van der Waals surface area contributed by atoms with Crippen LogP contribution in [0, 0.1) is 13.8 Å². The van der Waals surface area contributed by atoms with Gasteiger partial charge in [0.15, 0.2) is 5.17 Å². The molecule has 0 aromatic heterocycles. The largest absolute Gasteiger partial charge is 0.493 e. The van der Waals surface area contributed by atoms with E-state index in [9.17, 15) is 0 Å². The second-order valence-corrected chi connectivity index (χ2v) is 6.50. The molecule has 0 unspecified atom stereocenters. The van der Waals surface area contributed by atoms with Crippen LogP contribution in [0.2, 0.25) is 5.02 Å². The molecule has 0 radical (unpaired) electrons. The minimum absolute atomic E-state index is 0.546. The summed E-state index contributed by atoms with van der Waals surface area (Å²) >= 11 is 7.30. The monoisotopic (exact) mass is 334 g/mol. The van der Waals surface area contributed by atoms with Crippen LogP contribution in [0.25, 0.3) is 0 Å². The van der Waals surface area contributed by atoms with Gasteiger partial charge in [-0.25, -0.2) is 4.99 Å². The van der Waals surface area contributed by atoms with E-state index in [1.165, 1.54) is 22.9 Å². The van der Waals surface area contributed by atoms with Crippen LogP contribution in [0.1, 0.15) is 11.1 Å². The fourth-order valence-electron chi connectivity index (χ4n) is 2.01. The summed E-state index contributed by atoms with van der Waals surface area (Å²) in [5.41, 5.74) is 9.20. The Morgan fingerprint density at radius 1 is 1.14 bits per heavy atom. The Morgan fingerprint density at radius 3 is 2.41 bits per heavy atom. The number of hydrogen-bond donors (Lipinski definition) is 1. The molecule has 2 aromatic rings. The lowest BCUT2D eigenvalue weighted by Gasteiger charge is -2.06. The molecule has 0 aliphatic heterocycles. The van der Waals surface area contributed by atoms with Crippen LogP contribution in [0.15, 0.2) is 47.5 Å². The third-order valence-corrected chi connectivity index (χ3v) is 3.87. The number of amidine groups is 1. The van der Waals surface area contributed by atoms with Gasteiger partial charge in [0.05, 0.1) is 12.3 Å². The Balaban J connectivity index is 1.80. The summed E-state index contributed by atoms with van der Waals surface area (Å²) in [5.74, 6) is 1.54. The second kappa shape index (κ2) is 8.11. The van der Waals surface area contributed by atoms with Crippen molar-refractivity contribution in [1.29, 1.82) is 0 Å². The molecule has 5 heteroatoms. The van der Waals surface area contributed by atoms with Crippen LogP contribution in [0.4, 0.5) is 5.69 Å². The van der Waals surface area contributed by atoms with E-state index >= 15 is 0 Å². The Morgan fingerprint density at radius 2 is 1.77 bits per heavy atom. The first kappa shape index (κ1) is 16.7. The van der Waals surface area contributed by atoms with Crippen molar-refractivity contribution < 1.29 is 4.74 Å². The number of hydrogen-bond acceptors (Lipinski definition) is 3. The van der Waals surface area contributed by atoms with Crippen molar-refractivity contribution in [2.24, 2.45) is 10.7 Å². The van der Waals surface area contributed by atoms with Gasteiger partial charge >= 0.3 is 0 Å². The van der Waals surface area contributed by atoms with E-state index in [-0.39, 0.29) is 0 Å². The number of thioether (sulfide) groups is 1. The zero-order valence-corrected chi connectivity index (χ0v) is 14.2. The highest BCUT2D eigenvalue weighted by atomic mass is 35.5. The molecule has 2 aromatic carbocycles. The Hall–Kier alpha value is -1.65. The zero-order valence-electron chi connectivity index (χ0n) is 12.7. The summed E-state index contributed by atoms with van der Waals surface area (Å²) in [5, 5.41) is 1.25. The molecule has 0 atom stereocenters. The van der Waals surface area contributed by atoms with Gasteiger partial charge < -0.3 is 10.5 Å². The summed E-state index contributed by atoms with van der Waals surface area (Å²) in [4.78, 5) is 4.42. The average molecular weight is 335 g/mol. The molecule has 116 valence electrons. The number of rotatable bonds is 5. The SMILES string of the molecule is Cc1cc(C)cc(N=C(N)SCCOc2ccc(Cl)cc2)c1. The van der Waals surface area contributed by atoms with E-state index in [0.29, 0.717) is 16.8 Å². The Labute approximate surface area is 140 Å². The van der Waals surface area contributed by atoms with Gasteiger partial charge in [-0.05, 0) is 61.4 Å². The number of aliphatic imine (C=N–C) groups is 1. The Kier molecular flexibility index (Phi) is 6.16. The summed E-state index contributed by atoms with van der Waals surface area (Å²) < 4.78 is 5.61. The smallest absolute Gasteiger partial charge is 0.159 e. The quantitative estimate of drug-likeness (QED) is 0.489. The number of halogens is 1. The Bertz CT molecular complexity index is 636. The molecule has 2 N–H and O–H groups in total. The molecule has 0 saturated carbocycles. The van der Waals surface area contributed by atoms with Crippen molar-refractivity contribution in [3.8, 4) is 5.75 Å². The lowest BCUT2D eigenvalue weighted by atomic mass is 10.1. The maximum absolute atomic E-state index is 5.95. The minimum Gasteiger partial charge on any atom is -0.493 e. The van der Waals surface area contributed by atoms with Crippen molar-refractivity contribution in [1.82, 2.24) is 0 Å². The molecule has 22 heavy (non-hydrogen) atoms. The molecule has 0 aliphatic rings. The van der Waals surface area contributed by atoms with Crippen molar-refractivity contribution in [2.75, 3.05) is 12.4 Å². The van der Waals surface area contributed by atoms with E-state index < -0.39 is 0 Å². The highest BCUT2D eigenvalue weighted by molar-refractivity contribution is 8.13. The van der Waals surface area contributed by atoms with Gasteiger partial charge in [-0.15, -0.1) is 0 Å². The topological polar surface area (TPSA) is 47.6 Å². The van der Waals surface area contributed by atoms with Crippen molar-refractivity contribution in [2.45, 2.75) is 13.8 Å². The number of nitrogens with two attached hydrogens (primary N) is 1. The second-order valence-electron chi connectivity index (χ2n) is 4.95. The molecule has 0 saturated heterocycles.